The van der Waals surface area contributed by atoms with E-state index in [1.807, 2.05) is 23.6 Å². The second-order valence-corrected chi connectivity index (χ2v) is 5.92. The van der Waals surface area contributed by atoms with Gasteiger partial charge in [-0.25, -0.2) is 0 Å². The summed E-state index contributed by atoms with van der Waals surface area (Å²) >= 11 is 1.90. The van der Waals surface area contributed by atoms with Crippen LogP contribution in [-0.4, -0.2) is 4.98 Å². The highest BCUT2D eigenvalue weighted by Crippen LogP contribution is 2.23. The van der Waals surface area contributed by atoms with Gasteiger partial charge in [-0.05, 0) is 43.5 Å². The summed E-state index contributed by atoms with van der Waals surface area (Å²) in [6.07, 6.45) is 4.04. The molecule has 0 aliphatic carbocycles. The number of hydrogen-bond donors (Lipinski definition) is 1. The molecule has 3 heteroatoms. The van der Waals surface area contributed by atoms with Crippen LogP contribution < -0.4 is 5.32 Å². The van der Waals surface area contributed by atoms with Crippen molar-refractivity contribution in [1.82, 2.24) is 10.3 Å². The molecule has 0 fully saturated rings. The molecule has 102 valence electrons. The second kappa shape index (κ2) is 6.83. The zero-order chi connectivity index (χ0) is 13.7. The third-order valence-corrected chi connectivity index (χ3v) is 4.81. The van der Waals surface area contributed by atoms with Crippen LogP contribution >= 0.6 is 11.3 Å². The van der Waals surface area contributed by atoms with Gasteiger partial charge in [-0.3, -0.25) is 4.98 Å². The standard InChI is InChI=1S/C16H22N2S/c1-4-13-7-6-10-17-15(13)11-18-12(3)16-9-8-14(5-2)19-16/h6-10,12,18H,4-5,11H2,1-3H3. The van der Waals surface area contributed by atoms with Crippen molar-refractivity contribution in [3.8, 4) is 0 Å². The first-order chi connectivity index (χ1) is 9.24. The van der Waals surface area contributed by atoms with Gasteiger partial charge in [-0.15, -0.1) is 11.3 Å². The predicted molar refractivity (Wildman–Crippen MR) is 82.6 cm³/mol. The van der Waals surface area contributed by atoms with Crippen molar-refractivity contribution in [2.75, 3.05) is 0 Å². The normalized spacial score (nSPS) is 12.6. The van der Waals surface area contributed by atoms with Crippen LogP contribution in [-0.2, 0) is 19.4 Å². The number of rotatable bonds is 6. The first-order valence-electron chi connectivity index (χ1n) is 6.99. The summed E-state index contributed by atoms with van der Waals surface area (Å²) in [7, 11) is 0. The molecule has 0 saturated heterocycles. The predicted octanol–water partition coefficient (Wildman–Crippen LogP) is 4.12. The number of thiophene rings is 1. The molecule has 2 aromatic rings. The third-order valence-electron chi connectivity index (χ3n) is 3.40. The minimum atomic E-state index is 0.386. The number of aryl methyl sites for hydroxylation is 2. The van der Waals surface area contributed by atoms with Crippen LogP contribution in [0.5, 0.6) is 0 Å². The van der Waals surface area contributed by atoms with Gasteiger partial charge in [0, 0.05) is 28.5 Å². The molecule has 2 nitrogen and oxygen atoms in total. The van der Waals surface area contributed by atoms with Crippen LogP contribution in [0.1, 0.15) is 47.8 Å². The Morgan fingerprint density at radius 3 is 2.74 bits per heavy atom. The molecule has 0 saturated carbocycles. The van der Waals surface area contributed by atoms with E-state index >= 15 is 0 Å². The van der Waals surface area contributed by atoms with Crippen LogP contribution in [0.3, 0.4) is 0 Å². The van der Waals surface area contributed by atoms with E-state index in [-0.39, 0.29) is 0 Å². The number of pyridine rings is 1. The van der Waals surface area contributed by atoms with E-state index in [1.54, 1.807) is 0 Å². The fraction of sp³-hybridized carbons (Fsp3) is 0.438. The maximum absolute atomic E-state index is 4.48. The third kappa shape index (κ3) is 3.64. The molecule has 2 aromatic heterocycles. The number of aromatic nitrogens is 1. The lowest BCUT2D eigenvalue weighted by molar-refractivity contribution is 0.573. The average molecular weight is 274 g/mol. The summed E-state index contributed by atoms with van der Waals surface area (Å²) < 4.78 is 0. The van der Waals surface area contributed by atoms with E-state index in [9.17, 15) is 0 Å². The first-order valence-corrected chi connectivity index (χ1v) is 7.81. The maximum Gasteiger partial charge on any atom is 0.0573 e. The Bertz CT molecular complexity index is 519. The molecule has 1 atom stereocenters. The van der Waals surface area contributed by atoms with Crippen molar-refractivity contribution in [3.63, 3.8) is 0 Å². The average Bonchev–Trinajstić information content (AvgIpc) is 2.94. The van der Waals surface area contributed by atoms with Gasteiger partial charge >= 0.3 is 0 Å². The van der Waals surface area contributed by atoms with Crippen molar-refractivity contribution in [1.29, 1.82) is 0 Å². The van der Waals surface area contributed by atoms with Gasteiger partial charge in [0.15, 0.2) is 0 Å². The number of hydrogen-bond acceptors (Lipinski definition) is 3. The molecular formula is C16H22N2S. The van der Waals surface area contributed by atoms with Crippen LogP contribution in [0.2, 0.25) is 0 Å². The molecule has 19 heavy (non-hydrogen) atoms. The lowest BCUT2D eigenvalue weighted by Crippen LogP contribution is -2.18. The minimum Gasteiger partial charge on any atom is -0.304 e. The largest absolute Gasteiger partial charge is 0.304 e. The molecular weight excluding hydrogens is 252 g/mol. The molecule has 0 aliphatic rings. The molecule has 1 unspecified atom stereocenters. The smallest absolute Gasteiger partial charge is 0.0573 e. The topological polar surface area (TPSA) is 24.9 Å². The second-order valence-electron chi connectivity index (χ2n) is 4.72. The van der Waals surface area contributed by atoms with Crippen LogP contribution in [0.4, 0.5) is 0 Å². The summed E-state index contributed by atoms with van der Waals surface area (Å²) in [5, 5.41) is 3.58. The van der Waals surface area contributed by atoms with Gasteiger partial charge < -0.3 is 5.32 Å². The van der Waals surface area contributed by atoms with E-state index < -0.39 is 0 Å². The molecule has 2 heterocycles. The SMILES string of the molecule is CCc1ccc(C(C)NCc2ncccc2CC)s1. The Morgan fingerprint density at radius 2 is 2.05 bits per heavy atom. The van der Waals surface area contributed by atoms with Crippen molar-refractivity contribution < 1.29 is 0 Å². The van der Waals surface area contributed by atoms with Gasteiger partial charge in [0.05, 0.1) is 5.69 Å². The monoisotopic (exact) mass is 274 g/mol. The summed E-state index contributed by atoms with van der Waals surface area (Å²) in [6.45, 7) is 7.44. The molecule has 0 spiro atoms. The maximum atomic E-state index is 4.48. The summed E-state index contributed by atoms with van der Waals surface area (Å²) in [4.78, 5) is 7.34. The van der Waals surface area contributed by atoms with E-state index in [0.717, 1.165) is 19.4 Å². The van der Waals surface area contributed by atoms with E-state index in [0.29, 0.717) is 6.04 Å². The zero-order valence-electron chi connectivity index (χ0n) is 11.9. The Kier molecular flexibility index (Phi) is 5.11. The summed E-state index contributed by atoms with van der Waals surface area (Å²) in [5.74, 6) is 0. The van der Waals surface area contributed by atoms with Gasteiger partial charge in [0.1, 0.15) is 0 Å². The molecule has 0 radical (unpaired) electrons. The first kappa shape index (κ1) is 14.2. The van der Waals surface area contributed by atoms with Gasteiger partial charge in [0.25, 0.3) is 0 Å². The van der Waals surface area contributed by atoms with Crippen molar-refractivity contribution in [3.05, 3.63) is 51.5 Å². The minimum absolute atomic E-state index is 0.386. The fourth-order valence-corrected chi connectivity index (χ4v) is 3.10. The molecule has 0 aromatic carbocycles. The van der Waals surface area contributed by atoms with Crippen LogP contribution in [0.25, 0.3) is 0 Å². The van der Waals surface area contributed by atoms with E-state index in [4.69, 9.17) is 0 Å². The Labute approximate surface area is 119 Å². The van der Waals surface area contributed by atoms with Crippen molar-refractivity contribution in [2.45, 2.75) is 46.2 Å². The molecule has 2 rings (SSSR count). The summed E-state index contributed by atoms with van der Waals surface area (Å²) in [6, 6.07) is 9.03. The zero-order valence-corrected chi connectivity index (χ0v) is 12.8. The highest BCUT2D eigenvalue weighted by Gasteiger charge is 2.09. The molecule has 1 N–H and O–H groups in total. The number of nitrogens with one attached hydrogen (secondary N) is 1. The Balaban J connectivity index is 1.98. The van der Waals surface area contributed by atoms with Gasteiger partial charge in [-0.2, -0.15) is 0 Å². The quantitative estimate of drug-likeness (QED) is 0.857. The highest BCUT2D eigenvalue weighted by molar-refractivity contribution is 7.12. The number of nitrogens with zero attached hydrogens (tertiary/aromatic N) is 1. The van der Waals surface area contributed by atoms with E-state index in [1.165, 1.54) is 21.0 Å². The highest BCUT2D eigenvalue weighted by atomic mass is 32.1. The molecule has 0 bridgehead atoms. The summed E-state index contributed by atoms with van der Waals surface area (Å²) in [5.41, 5.74) is 2.51. The Hall–Kier alpha value is -1.19. The van der Waals surface area contributed by atoms with Gasteiger partial charge in [0.2, 0.25) is 0 Å². The fourth-order valence-electron chi connectivity index (χ4n) is 2.12. The Morgan fingerprint density at radius 1 is 1.21 bits per heavy atom. The van der Waals surface area contributed by atoms with Crippen LogP contribution in [0, 0.1) is 0 Å². The van der Waals surface area contributed by atoms with E-state index in [2.05, 4.69) is 49.3 Å². The lowest BCUT2D eigenvalue weighted by atomic mass is 10.1. The molecule has 0 aliphatic heterocycles. The van der Waals surface area contributed by atoms with Gasteiger partial charge in [-0.1, -0.05) is 19.9 Å². The van der Waals surface area contributed by atoms with Crippen molar-refractivity contribution >= 4 is 11.3 Å². The lowest BCUT2D eigenvalue weighted by Gasteiger charge is -2.13. The van der Waals surface area contributed by atoms with Crippen molar-refractivity contribution in [2.24, 2.45) is 0 Å². The molecule has 0 amide bonds. The van der Waals surface area contributed by atoms with Crippen LogP contribution in [0.15, 0.2) is 30.5 Å².